The average Bonchev–Trinajstić information content (AvgIpc) is 2.51. The van der Waals surface area contributed by atoms with E-state index < -0.39 is 0 Å². The predicted molar refractivity (Wildman–Crippen MR) is 75.5 cm³/mol. The Morgan fingerprint density at radius 3 is 2.85 bits per heavy atom. The first kappa shape index (κ1) is 13.2. The van der Waals surface area contributed by atoms with Gasteiger partial charge in [-0.1, -0.05) is 11.6 Å². The SMILES string of the molecule is Clc1cnc(NC2CCOCC2)nc1-c1ccncn1. The predicted octanol–water partition coefficient (Wildman–Crippen LogP) is 2.18. The van der Waals surface area contributed by atoms with Gasteiger partial charge in [-0.3, -0.25) is 0 Å². The van der Waals surface area contributed by atoms with E-state index in [9.17, 15) is 0 Å². The minimum absolute atomic E-state index is 0.336. The summed E-state index contributed by atoms with van der Waals surface area (Å²) >= 11 is 6.14. The first-order valence-corrected chi connectivity index (χ1v) is 6.84. The summed E-state index contributed by atoms with van der Waals surface area (Å²) in [6, 6.07) is 2.11. The molecule has 1 saturated heterocycles. The summed E-state index contributed by atoms with van der Waals surface area (Å²) < 4.78 is 5.33. The fraction of sp³-hybridized carbons (Fsp3) is 0.385. The van der Waals surface area contributed by atoms with Crippen LogP contribution < -0.4 is 5.32 Å². The van der Waals surface area contributed by atoms with E-state index in [0.29, 0.717) is 28.4 Å². The molecule has 6 nitrogen and oxygen atoms in total. The van der Waals surface area contributed by atoms with E-state index in [4.69, 9.17) is 16.3 Å². The van der Waals surface area contributed by atoms with Crippen LogP contribution >= 0.6 is 11.6 Å². The molecule has 1 N–H and O–H groups in total. The number of hydrogen-bond acceptors (Lipinski definition) is 6. The molecule has 2 aromatic rings. The van der Waals surface area contributed by atoms with E-state index in [0.717, 1.165) is 26.1 Å². The van der Waals surface area contributed by atoms with Crippen LogP contribution in [0, 0.1) is 0 Å². The van der Waals surface area contributed by atoms with Gasteiger partial charge in [0, 0.05) is 25.5 Å². The van der Waals surface area contributed by atoms with E-state index in [1.807, 2.05) is 0 Å². The zero-order chi connectivity index (χ0) is 13.8. The molecule has 0 aromatic carbocycles. The van der Waals surface area contributed by atoms with Gasteiger partial charge in [0.1, 0.15) is 12.0 Å². The third-order valence-electron chi connectivity index (χ3n) is 3.12. The van der Waals surface area contributed by atoms with E-state index >= 15 is 0 Å². The number of rotatable bonds is 3. The first-order valence-electron chi connectivity index (χ1n) is 6.46. The van der Waals surface area contributed by atoms with Gasteiger partial charge in [0.25, 0.3) is 0 Å². The summed E-state index contributed by atoms with van der Waals surface area (Å²) in [5.41, 5.74) is 1.29. The van der Waals surface area contributed by atoms with Crippen molar-refractivity contribution in [2.24, 2.45) is 0 Å². The average molecular weight is 292 g/mol. The van der Waals surface area contributed by atoms with Crippen LogP contribution in [0.15, 0.2) is 24.8 Å². The maximum absolute atomic E-state index is 6.14. The van der Waals surface area contributed by atoms with E-state index in [-0.39, 0.29) is 0 Å². The van der Waals surface area contributed by atoms with Crippen LogP contribution in [0.25, 0.3) is 11.4 Å². The zero-order valence-corrected chi connectivity index (χ0v) is 11.5. The van der Waals surface area contributed by atoms with Crippen LogP contribution in [-0.2, 0) is 4.74 Å². The smallest absolute Gasteiger partial charge is 0.223 e. The number of hydrogen-bond donors (Lipinski definition) is 1. The van der Waals surface area contributed by atoms with Crippen molar-refractivity contribution < 1.29 is 4.74 Å². The Morgan fingerprint density at radius 1 is 1.25 bits per heavy atom. The van der Waals surface area contributed by atoms with Crippen molar-refractivity contribution in [3.05, 3.63) is 29.8 Å². The Kier molecular flexibility index (Phi) is 4.03. The molecule has 7 heteroatoms. The summed E-state index contributed by atoms with van der Waals surface area (Å²) in [7, 11) is 0. The Labute approximate surface area is 121 Å². The molecular formula is C13H14ClN5O. The van der Waals surface area contributed by atoms with Crippen LogP contribution in [0.5, 0.6) is 0 Å². The Hall–Kier alpha value is -1.79. The van der Waals surface area contributed by atoms with Gasteiger partial charge in [0.2, 0.25) is 5.95 Å². The molecule has 0 bridgehead atoms. The van der Waals surface area contributed by atoms with Crippen LogP contribution in [0.2, 0.25) is 5.02 Å². The summed E-state index contributed by atoms with van der Waals surface area (Å²) in [6.07, 6.45) is 6.63. The molecular weight excluding hydrogens is 278 g/mol. The molecule has 0 radical (unpaired) electrons. The van der Waals surface area contributed by atoms with Crippen molar-refractivity contribution in [2.75, 3.05) is 18.5 Å². The second-order valence-corrected chi connectivity index (χ2v) is 4.92. The van der Waals surface area contributed by atoms with Gasteiger partial charge < -0.3 is 10.1 Å². The van der Waals surface area contributed by atoms with Crippen LogP contribution in [0.3, 0.4) is 0 Å². The van der Waals surface area contributed by atoms with Crippen molar-refractivity contribution in [2.45, 2.75) is 18.9 Å². The summed E-state index contributed by atoms with van der Waals surface area (Å²) in [6.45, 7) is 1.54. The summed E-state index contributed by atoms with van der Waals surface area (Å²) in [5.74, 6) is 0.565. The first-order chi connectivity index (χ1) is 9.83. The number of ether oxygens (including phenoxy) is 1. The highest BCUT2D eigenvalue weighted by Crippen LogP contribution is 2.24. The molecule has 104 valence electrons. The fourth-order valence-electron chi connectivity index (χ4n) is 2.07. The topological polar surface area (TPSA) is 72.8 Å². The molecule has 0 unspecified atom stereocenters. The molecule has 0 saturated carbocycles. The van der Waals surface area contributed by atoms with Crippen molar-refractivity contribution >= 4 is 17.5 Å². The lowest BCUT2D eigenvalue weighted by Gasteiger charge is -2.23. The van der Waals surface area contributed by atoms with Gasteiger partial charge in [-0.15, -0.1) is 0 Å². The number of halogens is 1. The zero-order valence-electron chi connectivity index (χ0n) is 10.8. The number of nitrogens with zero attached hydrogens (tertiary/aromatic N) is 4. The van der Waals surface area contributed by atoms with E-state index in [2.05, 4.69) is 25.3 Å². The summed E-state index contributed by atoms with van der Waals surface area (Å²) in [4.78, 5) is 16.7. The molecule has 2 aromatic heterocycles. The lowest BCUT2D eigenvalue weighted by atomic mass is 10.1. The maximum atomic E-state index is 6.14. The molecule has 1 aliphatic rings. The Balaban J connectivity index is 1.83. The second kappa shape index (κ2) is 6.11. The highest BCUT2D eigenvalue weighted by atomic mass is 35.5. The molecule has 0 atom stereocenters. The fourth-order valence-corrected chi connectivity index (χ4v) is 2.26. The van der Waals surface area contributed by atoms with Gasteiger partial charge in [-0.2, -0.15) is 0 Å². The summed E-state index contributed by atoms with van der Waals surface area (Å²) in [5, 5.41) is 3.79. The standard InChI is InChI=1S/C13H14ClN5O/c14-10-7-16-13(18-9-2-5-20-6-3-9)19-12(10)11-1-4-15-8-17-11/h1,4,7-9H,2-3,5-6H2,(H,16,18,19). The van der Waals surface area contributed by atoms with Crippen molar-refractivity contribution in [3.63, 3.8) is 0 Å². The largest absolute Gasteiger partial charge is 0.381 e. The van der Waals surface area contributed by atoms with Crippen molar-refractivity contribution in [1.82, 2.24) is 19.9 Å². The third-order valence-corrected chi connectivity index (χ3v) is 3.40. The van der Waals surface area contributed by atoms with Gasteiger partial charge in [-0.25, -0.2) is 19.9 Å². The number of nitrogens with one attached hydrogen (secondary N) is 1. The van der Waals surface area contributed by atoms with E-state index in [1.165, 1.54) is 6.33 Å². The monoisotopic (exact) mass is 291 g/mol. The van der Waals surface area contributed by atoms with Crippen LogP contribution in [0.4, 0.5) is 5.95 Å². The molecule has 3 heterocycles. The lowest BCUT2D eigenvalue weighted by Crippen LogP contribution is -2.28. The third kappa shape index (κ3) is 3.02. The molecule has 1 aliphatic heterocycles. The number of anilines is 1. The minimum Gasteiger partial charge on any atom is -0.381 e. The van der Waals surface area contributed by atoms with Gasteiger partial charge in [-0.05, 0) is 18.9 Å². The quantitative estimate of drug-likeness (QED) is 0.934. The molecule has 1 fully saturated rings. The lowest BCUT2D eigenvalue weighted by molar-refractivity contribution is 0.0903. The van der Waals surface area contributed by atoms with Gasteiger partial charge in [0.05, 0.1) is 16.9 Å². The molecule has 3 rings (SSSR count). The molecule has 0 amide bonds. The highest BCUT2D eigenvalue weighted by Gasteiger charge is 2.16. The molecule has 0 aliphatic carbocycles. The normalized spacial score (nSPS) is 16.1. The van der Waals surface area contributed by atoms with Crippen molar-refractivity contribution in [3.8, 4) is 11.4 Å². The van der Waals surface area contributed by atoms with E-state index in [1.54, 1.807) is 18.5 Å². The van der Waals surface area contributed by atoms with Gasteiger partial charge in [0.15, 0.2) is 0 Å². The van der Waals surface area contributed by atoms with Crippen molar-refractivity contribution in [1.29, 1.82) is 0 Å². The molecule has 20 heavy (non-hydrogen) atoms. The molecule has 0 spiro atoms. The van der Waals surface area contributed by atoms with Crippen LogP contribution in [-0.4, -0.2) is 39.2 Å². The Bertz CT molecular complexity index is 574. The minimum atomic E-state index is 0.336. The Morgan fingerprint density at radius 2 is 2.10 bits per heavy atom. The van der Waals surface area contributed by atoms with Crippen LogP contribution in [0.1, 0.15) is 12.8 Å². The number of aromatic nitrogens is 4. The highest BCUT2D eigenvalue weighted by molar-refractivity contribution is 6.32. The van der Waals surface area contributed by atoms with Gasteiger partial charge >= 0.3 is 0 Å². The maximum Gasteiger partial charge on any atom is 0.223 e. The second-order valence-electron chi connectivity index (χ2n) is 4.52.